The monoisotopic (exact) mass is 1090 g/mol. The van der Waals surface area contributed by atoms with Gasteiger partial charge in [-0.1, -0.05) is 130 Å². The second kappa shape index (κ2) is 31.8. The molecule has 0 radical (unpaired) electrons. The van der Waals surface area contributed by atoms with Gasteiger partial charge in [0.2, 0.25) is 17.7 Å². The van der Waals surface area contributed by atoms with Crippen LogP contribution >= 0.6 is 0 Å². The Balaban J connectivity index is 2.19. The molecule has 3 amide bonds. The number of anilines is 2. The predicted octanol–water partition coefficient (Wildman–Crippen LogP) is 10.4. The molecule has 21 heteroatoms. The first-order chi connectivity index (χ1) is 37.0. The molecular weight excluding hydrogens is 1000 g/mol. The Morgan fingerprint density at radius 3 is 1.81 bits per heavy atom. The molecule has 0 aliphatic rings. The molecule has 0 saturated heterocycles. The number of amides is 3. The maximum atomic E-state index is 15.0. The number of hydrogen-bond donors (Lipinski definition) is 7. The lowest BCUT2D eigenvalue weighted by Gasteiger charge is -2.37. The number of hydrogen-bond acceptors (Lipinski definition) is 12. The Morgan fingerprint density at radius 1 is 0.744 bits per heavy atom. The van der Waals surface area contributed by atoms with Gasteiger partial charge in [-0.05, 0) is 49.7 Å². The highest BCUT2D eigenvalue weighted by molar-refractivity contribution is 5.96. The zero-order valence-corrected chi connectivity index (χ0v) is 47.1. The van der Waals surface area contributed by atoms with Crippen LogP contribution in [0.2, 0.25) is 0 Å². The third-order valence-corrected chi connectivity index (χ3v) is 14.1. The van der Waals surface area contributed by atoms with Crippen LogP contribution in [0.15, 0.2) is 52.7 Å². The molecule has 428 valence electrons. The van der Waals surface area contributed by atoms with Gasteiger partial charge in [-0.2, -0.15) is 5.10 Å². The second-order valence-corrected chi connectivity index (χ2v) is 20.9. The second-order valence-electron chi connectivity index (χ2n) is 20.9. The number of carbonyl (C=O) groups is 7. The number of azo groups is 1. The number of benzene rings is 2. The fourth-order valence-corrected chi connectivity index (χ4v) is 9.87. The number of carboxylic acids is 4. The largest absolute Gasteiger partial charge is 0.494 e. The van der Waals surface area contributed by atoms with Gasteiger partial charge in [0, 0.05) is 39.2 Å². The summed E-state index contributed by atoms with van der Waals surface area (Å²) in [7, 11) is 1.49. The molecule has 1 heterocycles. The van der Waals surface area contributed by atoms with Crippen LogP contribution in [0.5, 0.6) is 5.75 Å². The Hall–Kier alpha value is -7.37. The van der Waals surface area contributed by atoms with E-state index in [-0.39, 0.29) is 42.4 Å². The van der Waals surface area contributed by atoms with E-state index in [2.05, 4.69) is 37.9 Å². The summed E-state index contributed by atoms with van der Waals surface area (Å²) in [4.78, 5) is 101. The number of carboxylic acid groups (broad SMARTS) is 4. The quantitative estimate of drug-likeness (QED) is 0.0164. The fraction of sp³-hybridized carbons (Fsp3) is 0.596. The third-order valence-electron chi connectivity index (χ3n) is 14.1. The van der Waals surface area contributed by atoms with Crippen molar-refractivity contribution in [1.29, 1.82) is 0 Å². The number of ether oxygens (including phenoxy) is 1. The van der Waals surface area contributed by atoms with Gasteiger partial charge in [-0.25, -0.2) is 4.85 Å². The van der Waals surface area contributed by atoms with Crippen LogP contribution in [0.4, 0.5) is 28.6 Å². The zero-order valence-electron chi connectivity index (χ0n) is 47.1. The predicted molar refractivity (Wildman–Crippen MR) is 297 cm³/mol. The SMILES string of the molecule is [C-]#[N+]c1c(C(C)(C)C)nn(CCNC(=O)C(C(CC(C)c2ccccc2)C(=O)O)C(C(=O)O)C(C(=O)NCCCCCCCCCCCC)C(C(=O)O)C(C)C(=O)O)c1/N=N/c1cc(OC)c(N(CC)CC)cc1NC(C)=O. The number of nitrogens with one attached hydrogen (secondary N) is 3. The minimum absolute atomic E-state index is 0.00830. The number of methoxy groups -OCH3 is 1. The van der Waals surface area contributed by atoms with Crippen molar-refractivity contribution in [2.75, 3.05) is 43.5 Å². The summed E-state index contributed by atoms with van der Waals surface area (Å²) in [6, 6.07) is 11.9. The maximum absolute atomic E-state index is 15.0. The smallest absolute Gasteiger partial charge is 0.308 e. The van der Waals surface area contributed by atoms with Crippen LogP contribution < -0.4 is 25.6 Å². The van der Waals surface area contributed by atoms with Crippen molar-refractivity contribution >= 4 is 70.2 Å². The average Bonchev–Trinajstić information content (AvgIpc) is 3.79. The molecule has 0 spiro atoms. The number of aliphatic carboxylic acids is 4. The lowest BCUT2D eigenvalue weighted by molar-refractivity contribution is -0.168. The van der Waals surface area contributed by atoms with Crippen LogP contribution in [-0.2, 0) is 45.5 Å². The van der Waals surface area contributed by atoms with Gasteiger partial charge in [0.05, 0.1) is 72.8 Å². The minimum Gasteiger partial charge on any atom is -0.494 e. The van der Waals surface area contributed by atoms with Crippen LogP contribution in [0.25, 0.3) is 4.85 Å². The lowest BCUT2D eigenvalue weighted by Crippen LogP contribution is -2.55. The standard InChI is InChI=1S/C57H83N9O12/c1-12-15-16-17-18-19-20-21-22-26-29-59-52(69)46(44(55(74)75)36(5)53(70)71)47(56(76)77)45(39(54(72)73)32-35(4)38-27-24-23-25-28-38)51(68)60-30-31-66-50(48(58-10)49(64-66)57(7,8)9)63-62-41-34-43(78-11)42(65(13-2)14-3)33-40(41)61-37(6)67/h23-25,27-28,33-36,39,44-47H,12-22,26,29-32H2,1-9,11H3,(H,59,69)(H,60,68)(H,61,67)(H,70,71)(H,72,73)(H,74,75)(H,76,77)/b63-62+. The van der Waals surface area contributed by atoms with Gasteiger partial charge in [-0.3, -0.25) is 38.2 Å². The molecule has 3 aromatic rings. The van der Waals surface area contributed by atoms with E-state index in [0.717, 1.165) is 45.4 Å². The Labute approximate surface area is 458 Å². The molecule has 0 saturated carbocycles. The number of aromatic nitrogens is 2. The van der Waals surface area contributed by atoms with E-state index in [1.807, 2.05) is 39.5 Å². The molecule has 3 rings (SSSR count). The fourth-order valence-electron chi connectivity index (χ4n) is 9.87. The molecule has 0 aliphatic carbocycles. The zero-order chi connectivity index (χ0) is 58.3. The van der Waals surface area contributed by atoms with Crippen molar-refractivity contribution in [3.63, 3.8) is 0 Å². The molecule has 0 aliphatic heterocycles. The van der Waals surface area contributed by atoms with E-state index in [1.165, 1.54) is 31.6 Å². The molecule has 0 bridgehead atoms. The Morgan fingerprint density at radius 2 is 1.31 bits per heavy atom. The van der Waals surface area contributed by atoms with E-state index in [9.17, 15) is 49.2 Å². The molecule has 0 fully saturated rings. The van der Waals surface area contributed by atoms with Crippen molar-refractivity contribution in [3.8, 4) is 5.75 Å². The molecule has 2 aromatic carbocycles. The first kappa shape index (κ1) is 64.9. The highest BCUT2D eigenvalue weighted by Crippen LogP contribution is 2.44. The maximum Gasteiger partial charge on any atom is 0.308 e. The van der Waals surface area contributed by atoms with Crippen molar-refractivity contribution in [3.05, 3.63) is 65.1 Å². The summed E-state index contributed by atoms with van der Waals surface area (Å²) in [6.45, 7) is 24.4. The molecule has 1 aromatic heterocycles. The van der Waals surface area contributed by atoms with Crippen molar-refractivity contribution in [2.24, 2.45) is 45.7 Å². The van der Waals surface area contributed by atoms with Gasteiger partial charge in [0.25, 0.3) is 5.69 Å². The van der Waals surface area contributed by atoms with Crippen molar-refractivity contribution < 1.29 is 58.7 Å². The highest BCUT2D eigenvalue weighted by atomic mass is 16.5. The van der Waals surface area contributed by atoms with Gasteiger partial charge in [0.15, 0.2) is 5.82 Å². The summed E-state index contributed by atoms with van der Waals surface area (Å²) >= 11 is 0. The number of rotatable bonds is 35. The number of unbranched alkanes of at least 4 members (excludes halogenated alkanes) is 9. The summed E-state index contributed by atoms with van der Waals surface area (Å²) in [5.74, 6) is -22.7. The summed E-state index contributed by atoms with van der Waals surface area (Å²) in [6.07, 6.45) is 9.39. The first-order valence-corrected chi connectivity index (χ1v) is 27.2. The van der Waals surface area contributed by atoms with E-state index in [0.29, 0.717) is 48.6 Å². The molecule has 7 atom stereocenters. The minimum atomic E-state index is -2.39. The van der Waals surface area contributed by atoms with Crippen LogP contribution in [0.1, 0.15) is 150 Å². The summed E-state index contributed by atoms with van der Waals surface area (Å²) in [5, 5.41) is 64.8. The number of nitrogens with zero attached hydrogens (tertiary/aromatic N) is 6. The van der Waals surface area contributed by atoms with E-state index in [4.69, 9.17) is 16.4 Å². The van der Waals surface area contributed by atoms with Crippen molar-refractivity contribution in [2.45, 2.75) is 151 Å². The van der Waals surface area contributed by atoms with Gasteiger partial charge < -0.3 is 46.0 Å². The topological polar surface area (TPSA) is 296 Å². The average molecular weight is 1090 g/mol. The molecule has 21 nitrogen and oxygen atoms in total. The van der Waals surface area contributed by atoms with Crippen LogP contribution in [-0.4, -0.2) is 105 Å². The van der Waals surface area contributed by atoms with Gasteiger partial charge >= 0.3 is 23.9 Å². The molecule has 78 heavy (non-hydrogen) atoms. The summed E-state index contributed by atoms with van der Waals surface area (Å²) < 4.78 is 7.01. The Bertz CT molecular complexity index is 2570. The van der Waals surface area contributed by atoms with Gasteiger partial charge in [0.1, 0.15) is 11.4 Å². The van der Waals surface area contributed by atoms with Crippen LogP contribution in [0.3, 0.4) is 0 Å². The molecule has 7 N–H and O–H groups in total. The third kappa shape index (κ3) is 18.4. The first-order valence-electron chi connectivity index (χ1n) is 27.2. The molecular formula is C57H83N9O12. The Kier molecular flexibility index (Phi) is 26.4. The molecule has 7 unspecified atom stereocenters. The normalized spacial score (nSPS) is 14.2. The van der Waals surface area contributed by atoms with E-state index >= 15 is 4.79 Å². The van der Waals surface area contributed by atoms with Gasteiger partial charge in [-0.15, -0.1) is 10.2 Å². The van der Waals surface area contributed by atoms with Crippen molar-refractivity contribution in [1.82, 2.24) is 20.4 Å². The number of carbonyl (C=O) groups excluding carboxylic acids is 3. The highest BCUT2D eigenvalue weighted by Gasteiger charge is 2.54. The summed E-state index contributed by atoms with van der Waals surface area (Å²) in [5.41, 5.74) is 1.35. The van der Waals surface area contributed by atoms with E-state index < -0.39 is 95.0 Å². The van der Waals surface area contributed by atoms with E-state index in [1.54, 1.807) is 49.4 Å². The lowest BCUT2D eigenvalue weighted by atomic mass is 9.65. The van der Waals surface area contributed by atoms with Crippen LogP contribution in [0, 0.1) is 42.1 Å².